The van der Waals surface area contributed by atoms with E-state index in [1.165, 1.54) is 17.7 Å². The van der Waals surface area contributed by atoms with Crippen LogP contribution in [0.5, 0.6) is 0 Å². The number of aliphatic hydroxyl groups excluding tert-OH is 1. The summed E-state index contributed by atoms with van der Waals surface area (Å²) in [6.45, 7) is 3.61. The van der Waals surface area contributed by atoms with Gasteiger partial charge in [-0.05, 0) is 36.8 Å². The third-order valence-electron chi connectivity index (χ3n) is 3.77. The van der Waals surface area contributed by atoms with Crippen LogP contribution in [0.3, 0.4) is 0 Å². The lowest BCUT2D eigenvalue weighted by atomic mass is 10.2. The van der Waals surface area contributed by atoms with Gasteiger partial charge in [0.25, 0.3) is 0 Å². The summed E-state index contributed by atoms with van der Waals surface area (Å²) >= 11 is 7.30. The maximum Gasteiger partial charge on any atom is 0.191 e. The van der Waals surface area contributed by atoms with Crippen LogP contribution in [0, 0.1) is 0 Å². The number of benzene rings is 1. The fraction of sp³-hybridized carbons (Fsp3) is 0.278. The molecule has 0 aliphatic rings. The van der Waals surface area contributed by atoms with Gasteiger partial charge in [-0.1, -0.05) is 23.7 Å². The van der Waals surface area contributed by atoms with Crippen molar-refractivity contribution in [3.63, 3.8) is 0 Å². The second-order valence-electron chi connectivity index (χ2n) is 5.74. The molecule has 27 heavy (non-hydrogen) atoms. The number of thiophene rings is 1. The van der Waals surface area contributed by atoms with Crippen LogP contribution in [0.15, 0.2) is 54.0 Å². The van der Waals surface area contributed by atoms with Gasteiger partial charge in [0.2, 0.25) is 0 Å². The Morgan fingerprint density at radius 2 is 2.07 bits per heavy atom. The first-order chi connectivity index (χ1) is 13.2. The van der Waals surface area contributed by atoms with Gasteiger partial charge in [-0.2, -0.15) is 5.10 Å². The summed E-state index contributed by atoms with van der Waals surface area (Å²) in [5.41, 5.74) is 2.02. The van der Waals surface area contributed by atoms with Crippen molar-refractivity contribution in [2.75, 3.05) is 13.1 Å². The van der Waals surface area contributed by atoms with Gasteiger partial charge in [0.1, 0.15) is 18.8 Å². The van der Waals surface area contributed by atoms with E-state index in [1.807, 2.05) is 37.3 Å². The average molecular weight is 405 g/mol. The molecule has 3 N–H and O–H groups in total. The number of rotatable bonds is 7. The monoisotopic (exact) mass is 404 g/mol. The van der Waals surface area contributed by atoms with Crippen LogP contribution < -0.4 is 10.6 Å². The second kappa shape index (κ2) is 9.50. The smallest absolute Gasteiger partial charge is 0.191 e. The Kier molecular flexibility index (Phi) is 6.80. The highest BCUT2D eigenvalue weighted by Gasteiger charge is 2.11. The van der Waals surface area contributed by atoms with Gasteiger partial charge < -0.3 is 15.7 Å². The molecule has 7 nitrogen and oxygen atoms in total. The maximum atomic E-state index is 10.3. The lowest BCUT2D eigenvalue weighted by Crippen LogP contribution is -2.39. The van der Waals surface area contributed by atoms with E-state index in [0.29, 0.717) is 23.4 Å². The first-order valence-electron chi connectivity index (χ1n) is 8.55. The van der Waals surface area contributed by atoms with Crippen LogP contribution in [0.4, 0.5) is 0 Å². The minimum atomic E-state index is -0.631. The molecule has 0 saturated heterocycles. The van der Waals surface area contributed by atoms with Gasteiger partial charge >= 0.3 is 0 Å². The van der Waals surface area contributed by atoms with Gasteiger partial charge in [0.15, 0.2) is 5.96 Å². The molecule has 0 fully saturated rings. The highest BCUT2D eigenvalue weighted by Crippen LogP contribution is 2.26. The molecule has 0 aliphatic heterocycles. The second-order valence-corrected chi connectivity index (χ2v) is 7.49. The molecule has 0 amide bonds. The zero-order valence-electron chi connectivity index (χ0n) is 14.8. The van der Waals surface area contributed by atoms with E-state index >= 15 is 0 Å². The molecule has 0 bridgehead atoms. The molecular weight excluding hydrogens is 384 g/mol. The van der Waals surface area contributed by atoms with Crippen LogP contribution in [-0.4, -0.2) is 38.9 Å². The first kappa shape index (κ1) is 19.3. The molecule has 2 aromatic heterocycles. The van der Waals surface area contributed by atoms with E-state index in [-0.39, 0.29) is 0 Å². The highest BCUT2D eigenvalue weighted by molar-refractivity contribution is 7.16. The minimum absolute atomic E-state index is 0.355. The van der Waals surface area contributed by atoms with Crippen LogP contribution in [-0.2, 0) is 6.54 Å². The zero-order chi connectivity index (χ0) is 19.1. The number of guanidine groups is 1. The summed E-state index contributed by atoms with van der Waals surface area (Å²) in [7, 11) is 0. The number of aliphatic imine (C=N–C) groups is 1. The quantitative estimate of drug-likeness (QED) is 0.416. The zero-order valence-corrected chi connectivity index (χ0v) is 16.4. The van der Waals surface area contributed by atoms with E-state index in [2.05, 4.69) is 25.7 Å². The minimum Gasteiger partial charge on any atom is -0.386 e. The fourth-order valence-electron chi connectivity index (χ4n) is 2.41. The van der Waals surface area contributed by atoms with Crippen LogP contribution in [0.1, 0.15) is 23.5 Å². The molecule has 1 unspecified atom stereocenters. The van der Waals surface area contributed by atoms with Crippen molar-refractivity contribution in [1.82, 2.24) is 25.4 Å². The van der Waals surface area contributed by atoms with Crippen LogP contribution >= 0.6 is 22.9 Å². The Balaban J connectivity index is 1.58. The maximum absolute atomic E-state index is 10.3. The van der Waals surface area contributed by atoms with Crippen molar-refractivity contribution >= 4 is 28.9 Å². The molecule has 1 aromatic carbocycles. The SMILES string of the molecule is CCNC(=NCc1ccc(-n2cncn2)cc1)NCC(O)c1ccc(Cl)s1. The molecule has 0 spiro atoms. The molecule has 0 saturated carbocycles. The van der Waals surface area contributed by atoms with Crippen molar-refractivity contribution in [2.24, 2.45) is 4.99 Å². The number of aromatic nitrogens is 3. The Hall–Kier alpha value is -2.42. The molecule has 2 heterocycles. The molecular formula is C18H21ClN6OS. The predicted octanol–water partition coefficient (Wildman–Crippen LogP) is 2.77. The number of halogens is 1. The third kappa shape index (κ3) is 5.53. The summed E-state index contributed by atoms with van der Waals surface area (Å²) in [6, 6.07) is 11.6. The van der Waals surface area contributed by atoms with Crippen molar-refractivity contribution in [3.8, 4) is 5.69 Å². The molecule has 3 rings (SSSR count). The Bertz CT molecular complexity index is 862. The highest BCUT2D eigenvalue weighted by atomic mass is 35.5. The van der Waals surface area contributed by atoms with E-state index in [1.54, 1.807) is 17.1 Å². The van der Waals surface area contributed by atoms with Crippen molar-refractivity contribution < 1.29 is 5.11 Å². The Morgan fingerprint density at radius 1 is 1.26 bits per heavy atom. The Labute approximate surface area is 166 Å². The summed E-state index contributed by atoms with van der Waals surface area (Å²) < 4.78 is 2.37. The van der Waals surface area contributed by atoms with Gasteiger partial charge in [-0.3, -0.25) is 0 Å². The number of nitrogens with zero attached hydrogens (tertiary/aromatic N) is 4. The van der Waals surface area contributed by atoms with Gasteiger partial charge in [0, 0.05) is 18.0 Å². The van der Waals surface area contributed by atoms with Gasteiger partial charge in [0.05, 0.1) is 16.6 Å². The van der Waals surface area contributed by atoms with E-state index in [4.69, 9.17) is 11.6 Å². The van der Waals surface area contributed by atoms with E-state index < -0.39 is 6.10 Å². The summed E-state index contributed by atoms with van der Waals surface area (Å²) in [6.07, 6.45) is 2.53. The van der Waals surface area contributed by atoms with Gasteiger partial charge in [-0.15, -0.1) is 11.3 Å². The first-order valence-corrected chi connectivity index (χ1v) is 9.74. The predicted molar refractivity (Wildman–Crippen MR) is 108 cm³/mol. The standard InChI is InChI=1S/C18H21ClN6OS/c1-2-21-18(23-10-15(26)16-7-8-17(19)27-16)22-9-13-3-5-14(6-4-13)25-12-20-11-24-25/h3-8,11-12,15,26H,2,9-10H2,1H3,(H2,21,22,23). The topological polar surface area (TPSA) is 87.4 Å². The summed E-state index contributed by atoms with van der Waals surface area (Å²) in [5.74, 6) is 0.652. The lowest BCUT2D eigenvalue weighted by molar-refractivity contribution is 0.184. The molecule has 3 aromatic rings. The summed E-state index contributed by atoms with van der Waals surface area (Å²) in [4.78, 5) is 9.34. The van der Waals surface area contributed by atoms with Crippen molar-refractivity contribution in [2.45, 2.75) is 19.6 Å². The molecule has 9 heteroatoms. The van der Waals surface area contributed by atoms with Gasteiger partial charge in [-0.25, -0.2) is 14.7 Å². The molecule has 142 valence electrons. The van der Waals surface area contributed by atoms with Crippen molar-refractivity contribution in [1.29, 1.82) is 0 Å². The van der Waals surface area contributed by atoms with E-state index in [9.17, 15) is 5.11 Å². The van der Waals surface area contributed by atoms with Crippen LogP contribution in [0.25, 0.3) is 5.69 Å². The number of hydrogen-bond donors (Lipinski definition) is 3. The lowest BCUT2D eigenvalue weighted by Gasteiger charge is -2.14. The fourth-order valence-corrected chi connectivity index (χ4v) is 3.46. The van der Waals surface area contributed by atoms with Crippen molar-refractivity contribution in [3.05, 3.63) is 63.8 Å². The largest absolute Gasteiger partial charge is 0.386 e. The van der Waals surface area contributed by atoms with E-state index in [0.717, 1.165) is 22.7 Å². The average Bonchev–Trinajstić information content (AvgIpc) is 3.36. The number of aliphatic hydroxyl groups is 1. The number of hydrogen-bond acceptors (Lipinski definition) is 5. The Morgan fingerprint density at radius 3 is 2.70 bits per heavy atom. The third-order valence-corrected chi connectivity index (χ3v) is 5.10. The van der Waals surface area contributed by atoms with Crippen LogP contribution in [0.2, 0.25) is 4.34 Å². The molecule has 0 radical (unpaired) electrons. The summed E-state index contributed by atoms with van der Waals surface area (Å²) in [5, 5.41) is 20.7. The number of nitrogens with one attached hydrogen (secondary N) is 2. The molecule has 0 aliphatic carbocycles. The normalized spacial score (nSPS) is 12.8. The molecule has 1 atom stereocenters.